The highest BCUT2D eigenvalue weighted by Gasteiger charge is 2.12. The zero-order valence-corrected chi connectivity index (χ0v) is 15.1. The molecular weight excluding hydrogens is 350 g/mol. The first kappa shape index (κ1) is 16.4. The fourth-order valence-corrected chi connectivity index (χ4v) is 3.09. The van der Waals surface area contributed by atoms with Crippen molar-refractivity contribution < 1.29 is 9.47 Å². The number of methoxy groups -OCH3 is 2. The van der Waals surface area contributed by atoms with Crippen molar-refractivity contribution in [2.45, 2.75) is 0 Å². The molecule has 26 heavy (non-hydrogen) atoms. The molecule has 0 aliphatic carbocycles. The molecule has 0 aliphatic heterocycles. The van der Waals surface area contributed by atoms with Gasteiger partial charge in [-0.15, -0.1) is 10.2 Å². The summed E-state index contributed by atoms with van der Waals surface area (Å²) in [7, 11) is 3.22. The third-order valence-corrected chi connectivity index (χ3v) is 4.44. The highest BCUT2D eigenvalue weighted by molar-refractivity contribution is 6.30. The highest BCUT2D eigenvalue weighted by atomic mass is 35.5. The van der Waals surface area contributed by atoms with Gasteiger partial charge in [0.25, 0.3) is 0 Å². The summed E-state index contributed by atoms with van der Waals surface area (Å²) in [5.41, 5.74) is 3.71. The molecule has 5 nitrogen and oxygen atoms in total. The summed E-state index contributed by atoms with van der Waals surface area (Å²) in [5.74, 6) is 2.04. The summed E-state index contributed by atoms with van der Waals surface area (Å²) in [4.78, 5) is 0. The smallest absolute Gasteiger partial charge is 0.168 e. The van der Waals surface area contributed by atoms with Crippen LogP contribution in [-0.4, -0.2) is 28.8 Å². The van der Waals surface area contributed by atoms with E-state index in [-0.39, 0.29) is 0 Å². The molecule has 2 aromatic heterocycles. The van der Waals surface area contributed by atoms with Gasteiger partial charge in [0.05, 0.1) is 14.2 Å². The fraction of sp³-hybridized carbons (Fsp3) is 0.100. The molecule has 4 aromatic rings. The van der Waals surface area contributed by atoms with E-state index in [1.807, 2.05) is 65.2 Å². The number of pyridine rings is 1. The molecule has 0 saturated heterocycles. The van der Waals surface area contributed by atoms with Gasteiger partial charge in [0.2, 0.25) is 0 Å². The molecule has 0 amide bonds. The highest BCUT2D eigenvalue weighted by Crippen LogP contribution is 2.32. The predicted octanol–water partition coefficient (Wildman–Crippen LogP) is 4.73. The molecule has 2 heterocycles. The molecule has 6 heteroatoms. The van der Waals surface area contributed by atoms with Crippen LogP contribution >= 0.6 is 11.6 Å². The predicted molar refractivity (Wildman–Crippen MR) is 102 cm³/mol. The van der Waals surface area contributed by atoms with Crippen LogP contribution in [0.1, 0.15) is 0 Å². The van der Waals surface area contributed by atoms with Crippen LogP contribution in [0, 0.1) is 0 Å². The van der Waals surface area contributed by atoms with Crippen LogP contribution in [0.4, 0.5) is 0 Å². The lowest BCUT2D eigenvalue weighted by molar-refractivity contribution is 0.355. The molecule has 0 N–H and O–H groups in total. The lowest BCUT2D eigenvalue weighted by Gasteiger charge is -2.09. The second-order valence-electron chi connectivity index (χ2n) is 5.75. The summed E-state index contributed by atoms with van der Waals surface area (Å²) in [5, 5.41) is 9.30. The van der Waals surface area contributed by atoms with Gasteiger partial charge < -0.3 is 9.47 Å². The van der Waals surface area contributed by atoms with Crippen LogP contribution in [-0.2, 0) is 0 Å². The number of halogens is 1. The Morgan fingerprint density at radius 3 is 2.38 bits per heavy atom. The van der Waals surface area contributed by atoms with Crippen molar-refractivity contribution in [1.29, 1.82) is 0 Å². The minimum absolute atomic E-state index is 0.646. The maximum atomic E-state index is 6.12. The Morgan fingerprint density at radius 1 is 0.808 bits per heavy atom. The van der Waals surface area contributed by atoms with Gasteiger partial charge in [-0.05, 0) is 53.6 Å². The zero-order valence-electron chi connectivity index (χ0n) is 14.3. The second-order valence-corrected chi connectivity index (χ2v) is 6.19. The Labute approximate surface area is 155 Å². The van der Waals surface area contributed by atoms with Gasteiger partial charge in [0.1, 0.15) is 0 Å². The maximum absolute atomic E-state index is 6.12. The summed E-state index contributed by atoms with van der Waals surface area (Å²) < 4.78 is 12.7. The van der Waals surface area contributed by atoms with Crippen molar-refractivity contribution in [3.63, 3.8) is 0 Å². The van der Waals surface area contributed by atoms with Gasteiger partial charge in [0.15, 0.2) is 23.0 Å². The Balaban J connectivity index is 1.85. The van der Waals surface area contributed by atoms with Crippen molar-refractivity contribution in [2.75, 3.05) is 14.2 Å². The number of hydrogen-bond acceptors (Lipinski definition) is 4. The average Bonchev–Trinajstić information content (AvgIpc) is 3.10. The van der Waals surface area contributed by atoms with E-state index in [0.29, 0.717) is 16.5 Å². The molecule has 0 radical (unpaired) electrons. The summed E-state index contributed by atoms with van der Waals surface area (Å²) >= 11 is 6.12. The normalized spacial score (nSPS) is 10.9. The Hall–Kier alpha value is -3.05. The fourth-order valence-electron chi connectivity index (χ4n) is 2.90. The minimum atomic E-state index is 0.646. The summed E-state index contributed by atoms with van der Waals surface area (Å²) in [6.07, 6.45) is 2.01. The van der Waals surface area contributed by atoms with E-state index in [4.69, 9.17) is 21.1 Å². The van der Waals surface area contributed by atoms with E-state index in [1.54, 1.807) is 14.2 Å². The van der Waals surface area contributed by atoms with Gasteiger partial charge in [-0.25, -0.2) is 0 Å². The lowest BCUT2D eigenvalue weighted by atomic mass is 10.1. The monoisotopic (exact) mass is 365 g/mol. The molecule has 0 unspecified atom stereocenters. The van der Waals surface area contributed by atoms with E-state index < -0.39 is 0 Å². The van der Waals surface area contributed by atoms with Crippen LogP contribution in [0.25, 0.3) is 28.2 Å². The first-order chi connectivity index (χ1) is 12.7. The Morgan fingerprint density at radius 2 is 1.62 bits per heavy atom. The van der Waals surface area contributed by atoms with E-state index in [1.165, 1.54) is 0 Å². The van der Waals surface area contributed by atoms with Gasteiger partial charge in [-0.3, -0.25) is 4.40 Å². The Kier molecular flexibility index (Phi) is 4.22. The standard InChI is InChI=1S/C20H16ClN3O2/c1-25-17-8-6-14(11-18(17)26-2)20-23-22-19-9-7-15(12-24(19)20)13-4-3-5-16(21)10-13/h3-12H,1-2H3. The van der Waals surface area contributed by atoms with Gasteiger partial charge in [-0.1, -0.05) is 23.7 Å². The summed E-state index contributed by atoms with van der Waals surface area (Å²) in [6, 6.07) is 17.4. The molecule has 0 saturated carbocycles. The molecule has 0 fully saturated rings. The SMILES string of the molecule is COc1ccc(-c2nnc3ccc(-c4cccc(Cl)c4)cn23)cc1OC. The number of fused-ring (bicyclic) bond motifs is 1. The largest absolute Gasteiger partial charge is 0.493 e. The van der Waals surface area contributed by atoms with Crippen molar-refractivity contribution in [1.82, 2.24) is 14.6 Å². The van der Waals surface area contributed by atoms with Crippen molar-refractivity contribution in [2.24, 2.45) is 0 Å². The van der Waals surface area contributed by atoms with Crippen LogP contribution in [0.3, 0.4) is 0 Å². The minimum Gasteiger partial charge on any atom is -0.493 e. The molecule has 4 rings (SSSR count). The van der Waals surface area contributed by atoms with E-state index in [2.05, 4.69) is 10.2 Å². The maximum Gasteiger partial charge on any atom is 0.168 e. The molecule has 0 spiro atoms. The topological polar surface area (TPSA) is 48.7 Å². The molecule has 2 aromatic carbocycles. The van der Waals surface area contributed by atoms with Gasteiger partial charge in [-0.2, -0.15) is 0 Å². The van der Waals surface area contributed by atoms with E-state index >= 15 is 0 Å². The van der Waals surface area contributed by atoms with E-state index in [0.717, 1.165) is 28.2 Å². The van der Waals surface area contributed by atoms with Crippen molar-refractivity contribution in [3.05, 3.63) is 65.8 Å². The Bertz CT molecular complexity index is 1090. The first-order valence-corrected chi connectivity index (χ1v) is 8.40. The third kappa shape index (κ3) is 2.86. The quantitative estimate of drug-likeness (QED) is 0.524. The zero-order chi connectivity index (χ0) is 18.1. The molecule has 0 bridgehead atoms. The number of ether oxygens (including phenoxy) is 2. The lowest BCUT2D eigenvalue weighted by Crippen LogP contribution is -1.94. The summed E-state index contributed by atoms with van der Waals surface area (Å²) in [6.45, 7) is 0. The van der Waals surface area contributed by atoms with Gasteiger partial charge >= 0.3 is 0 Å². The van der Waals surface area contributed by atoms with Gasteiger partial charge in [0, 0.05) is 16.8 Å². The van der Waals surface area contributed by atoms with E-state index in [9.17, 15) is 0 Å². The average molecular weight is 366 g/mol. The number of benzene rings is 2. The van der Waals surface area contributed by atoms with Crippen LogP contribution in [0.2, 0.25) is 5.02 Å². The van der Waals surface area contributed by atoms with Crippen LogP contribution in [0.5, 0.6) is 11.5 Å². The number of nitrogens with zero attached hydrogens (tertiary/aromatic N) is 3. The molecule has 130 valence electrons. The number of aromatic nitrogens is 3. The van der Waals surface area contributed by atoms with Crippen molar-refractivity contribution >= 4 is 17.2 Å². The second kappa shape index (κ2) is 6.69. The van der Waals surface area contributed by atoms with Crippen molar-refractivity contribution in [3.8, 4) is 34.0 Å². The number of rotatable bonds is 4. The van der Waals surface area contributed by atoms with Crippen LogP contribution < -0.4 is 9.47 Å². The molecular formula is C20H16ClN3O2. The van der Waals surface area contributed by atoms with Crippen LogP contribution in [0.15, 0.2) is 60.8 Å². The first-order valence-electron chi connectivity index (χ1n) is 8.03. The number of hydrogen-bond donors (Lipinski definition) is 0. The third-order valence-electron chi connectivity index (χ3n) is 4.20. The molecule has 0 aliphatic rings. The molecule has 0 atom stereocenters.